The minimum atomic E-state index is 0.292. The van der Waals surface area contributed by atoms with Crippen LogP contribution in [0.3, 0.4) is 0 Å². The smallest absolute Gasteiger partial charge is 0.0445 e. The van der Waals surface area contributed by atoms with Crippen LogP contribution >= 0.6 is 0 Å². The molecule has 3 atom stereocenters. The average molecular weight is 227 g/mol. The van der Waals surface area contributed by atoms with E-state index in [9.17, 15) is 0 Å². The minimum absolute atomic E-state index is 0.292. The highest BCUT2D eigenvalue weighted by Gasteiger charge is 2.37. The first-order chi connectivity index (χ1) is 7.35. The molecule has 0 radical (unpaired) electrons. The van der Waals surface area contributed by atoms with Crippen LogP contribution in [0.15, 0.2) is 0 Å². The van der Waals surface area contributed by atoms with Gasteiger partial charge in [0.25, 0.3) is 0 Å². The van der Waals surface area contributed by atoms with Gasteiger partial charge in [-0.1, -0.05) is 34.6 Å². The number of rotatable bonds is 5. The van der Waals surface area contributed by atoms with Crippen molar-refractivity contribution in [3.8, 4) is 0 Å². The third kappa shape index (κ3) is 3.74. The third-order valence-electron chi connectivity index (χ3n) is 4.01. The second kappa shape index (κ2) is 5.50. The summed E-state index contributed by atoms with van der Waals surface area (Å²) < 4.78 is 0. The van der Waals surface area contributed by atoms with Crippen molar-refractivity contribution >= 4 is 0 Å². The number of hydrogen-bond acceptors (Lipinski definition) is 2. The molecule has 0 spiro atoms. The lowest BCUT2D eigenvalue weighted by Crippen LogP contribution is -2.43. The van der Waals surface area contributed by atoms with Gasteiger partial charge in [-0.05, 0) is 36.5 Å². The zero-order valence-corrected chi connectivity index (χ0v) is 11.6. The summed E-state index contributed by atoms with van der Waals surface area (Å²) in [5, 5.41) is 12.8. The molecular weight excluding hydrogens is 198 g/mol. The van der Waals surface area contributed by atoms with Crippen LogP contribution in [0.1, 0.15) is 53.9 Å². The first-order valence-corrected chi connectivity index (χ1v) is 6.72. The summed E-state index contributed by atoms with van der Waals surface area (Å²) in [6.45, 7) is 11.8. The summed E-state index contributed by atoms with van der Waals surface area (Å²) in [5.41, 5.74) is 0.484. The van der Waals surface area contributed by atoms with Gasteiger partial charge in [0, 0.05) is 18.7 Å². The van der Waals surface area contributed by atoms with Crippen LogP contribution in [0, 0.1) is 17.3 Å². The van der Waals surface area contributed by atoms with Gasteiger partial charge in [0.1, 0.15) is 0 Å². The van der Waals surface area contributed by atoms with E-state index in [1.54, 1.807) is 0 Å². The number of aliphatic hydroxyl groups is 1. The first-order valence-electron chi connectivity index (χ1n) is 6.72. The molecule has 1 aliphatic rings. The molecule has 1 fully saturated rings. The molecule has 1 aliphatic carbocycles. The Morgan fingerprint density at radius 1 is 1.31 bits per heavy atom. The van der Waals surface area contributed by atoms with Crippen molar-refractivity contribution in [2.75, 3.05) is 6.61 Å². The lowest BCUT2D eigenvalue weighted by molar-refractivity contribution is 0.226. The second-order valence-corrected chi connectivity index (χ2v) is 6.69. The third-order valence-corrected chi connectivity index (χ3v) is 4.01. The van der Waals surface area contributed by atoms with Crippen LogP contribution in [0.4, 0.5) is 0 Å². The van der Waals surface area contributed by atoms with Crippen molar-refractivity contribution in [2.24, 2.45) is 17.3 Å². The second-order valence-electron chi connectivity index (χ2n) is 6.69. The summed E-state index contributed by atoms with van der Waals surface area (Å²) in [4.78, 5) is 0. The summed E-state index contributed by atoms with van der Waals surface area (Å²) in [7, 11) is 0. The molecule has 0 saturated heterocycles. The fourth-order valence-electron chi connectivity index (χ4n) is 3.14. The zero-order chi connectivity index (χ0) is 12.3. The molecular formula is C14H29NO. The Bertz CT molecular complexity index is 213. The molecule has 2 heteroatoms. The highest BCUT2D eigenvalue weighted by atomic mass is 16.3. The van der Waals surface area contributed by atoms with E-state index in [1.165, 1.54) is 12.8 Å². The molecule has 0 aliphatic heterocycles. The summed E-state index contributed by atoms with van der Waals surface area (Å²) in [5.74, 6) is 1.36. The van der Waals surface area contributed by atoms with Crippen LogP contribution in [-0.4, -0.2) is 23.8 Å². The fraction of sp³-hybridized carbons (Fsp3) is 1.00. The van der Waals surface area contributed by atoms with Gasteiger partial charge in [-0.25, -0.2) is 0 Å². The SMILES string of the molecule is CC(C)C(CCO)NC1CC(C)(C)CC1C. The summed E-state index contributed by atoms with van der Waals surface area (Å²) in [6.07, 6.45) is 3.46. The number of aliphatic hydroxyl groups excluding tert-OH is 1. The molecule has 2 nitrogen and oxygen atoms in total. The maximum Gasteiger partial charge on any atom is 0.0445 e. The maximum absolute atomic E-state index is 9.09. The predicted molar refractivity (Wildman–Crippen MR) is 69.4 cm³/mol. The molecule has 0 heterocycles. The van der Waals surface area contributed by atoms with Crippen LogP contribution in [0.25, 0.3) is 0 Å². The summed E-state index contributed by atoms with van der Waals surface area (Å²) >= 11 is 0. The Balaban J connectivity index is 2.52. The number of nitrogens with one attached hydrogen (secondary N) is 1. The van der Waals surface area contributed by atoms with Gasteiger partial charge in [-0.15, -0.1) is 0 Å². The predicted octanol–water partition coefficient (Wildman–Crippen LogP) is 2.81. The molecule has 1 saturated carbocycles. The van der Waals surface area contributed by atoms with Gasteiger partial charge >= 0.3 is 0 Å². The van der Waals surface area contributed by atoms with Crippen molar-refractivity contribution in [1.82, 2.24) is 5.32 Å². The number of hydrogen-bond donors (Lipinski definition) is 2. The highest BCUT2D eigenvalue weighted by Crippen LogP contribution is 2.41. The quantitative estimate of drug-likeness (QED) is 0.757. The molecule has 0 bridgehead atoms. The van der Waals surface area contributed by atoms with E-state index >= 15 is 0 Å². The molecule has 16 heavy (non-hydrogen) atoms. The molecule has 3 unspecified atom stereocenters. The van der Waals surface area contributed by atoms with Crippen molar-refractivity contribution in [3.63, 3.8) is 0 Å². The topological polar surface area (TPSA) is 32.3 Å². The molecule has 0 aromatic heterocycles. The molecule has 0 amide bonds. The molecule has 96 valence electrons. The van der Waals surface area contributed by atoms with Crippen molar-refractivity contribution in [2.45, 2.75) is 66.0 Å². The largest absolute Gasteiger partial charge is 0.396 e. The monoisotopic (exact) mass is 227 g/mol. The summed E-state index contributed by atoms with van der Waals surface area (Å²) in [6, 6.07) is 1.10. The van der Waals surface area contributed by atoms with Crippen molar-refractivity contribution in [3.05, 3.63) is 0 Å². The van der Waals surface area contributed by atoms with E-state index in [4.69, 9.17) is 5.11 Å². The average Bonchev–Trinajstić information content (AvgIpc) is 2.38. The first kappa shape index (κ1) is 14.0. The van der Waals surface area contributed by atoms with Crippen molar-refractivity contribution in [1.29, 1.82) is 0 Å². The Hall–Kier alpha value is -0.0800. The van der Waals surface area contributed by atoms with Crippen molar-refractivity contribution < 1.29 is 5.11 Å². The molecule has 0 aromatic rings. The lowest BCUT2D eigenvalue weighted by Gasteiger charge is -2.28. The maximum atomic E-state index is 9.09. The van der Waals surface area contributed by atoms with Gasteiger partial charge in [0.05, 0.1) is 0 Å². The molecule has 0 aromatic carbocycles. The Kier molecular flexibility index (Phi) is 4.81. The molecule has 1 rings (SSSR count). The van der Waals surface area contributed by atoms with E-state index in [0.717, 1.165) is 12.3 Å². The van der Waals surface area contributed by atoms with Gasteiger partial charge in [-0.3, -0.25) is 0 Å². The van der Waals surface area contributed by atoms with E-state index < -0.39 is 0 Å². The Morgan fingerprint density at radius 2 is 1.94 bits per heavy atom. The van der Waals surface area contributed by atoms with Crippen LogP contribution in [0.2, 0.25) is 0 Å². The molecule has 2 N–H and O–H groups in total. The zero-order valence-electron chi connectivity index (χ0n) is 11.6. The van der Waals surface area contributed by atoms with E-state index in [2.05, 4.69) is 39.9 Å². The Morgan fingerprint density at radius 3 is 2.31 bits per heavy atom. The van der Waals surface area contributed by atoms with E-state index in [-0.39, 0.29) is 0 Å². The van der Waals surface area contributed by atoms with Gasteiger partial charge < -0.3 is 10.4 Å². The highest BCUT2D eigenvalue weighted by molar-refractivity contribution is 4.93. The lowest BCUT2D eigenvalue weighted by atomic mass is 9.91. The van der Waals surface area contributed by atoms with Crippen LogP contribution < -0.4 is 5.32 Å². The standard InChI is InChI=1S/C14H29NO/c1-10(2)12(6-7-16)15-13-9-14(4,5)8-11(13)3/h10-13,15-16H,6-9H2,1-5H3. The van der Waals surface area contributed by atoms with E-state index in [0.29, 0.717) is 30.0 Å². The van der Waals surface area contributed by atoms with Crippen LogP contribution in [-0.2, 0) is 0 Å². The fourth-order valence-corrected chi connectivity index (χ4v) is 3.14. The normalized spacial score (nSPS) is 30.9. The van der Waals surface area contributed by atoms with Gasteiger partial charge in [-0.2, -0.15) is 0 Å². The minimum Gasteiger partial charge on any atom is -0.396 e. The Labute approximate surface area is 101 Å². The van der Waals surface area contributed by atoms with E-state index in [1.807, 2.05) is 0 Å². The van der Waals surface area contributed by atoms with Crippen LogP contribution in [0.5, 0.6) is 0 Å². The van der Waals surface area contributed by atoms with Gasteiger partial charge in [0.2, 0.25) is 0 Å². The van der Waals surface area contributed by atoms with Gasteiger partial charge in [0.15, 0.2) is 0 Å².